The van der Waals surface area contributed by atoms with Crippen LogP contribution in [0.2, 0.25) is 0 Å². The average Bonchev–Trinajstić information content (AvgIpc) is 2.89. The van der Waals surface area contributed by atoms with Gasteiger partial charge in [0.05, 0.1) is 17.3 Å². The number of thiazole rings is 1. The van der Waals surface area contributed by atoms with Crippen LogP contribution in [-0.4, -0.2) is 18.1 Å². The molecule has 0 unspecified atom stereocenters. The van der Waals surface area contributed by atoms with Crippen molar-refractivity contribution in [3.8, 4) is 5.75 Å². The first-order valence-electron chi connectivity index (χ1n) is 7.69. The highest BCUT2D eigenvalue weighted by molar-refractivity contribution is 7.11. The van der Waals surface area contributed by atoms with Gasteiger partial charge in [0, 0.05) is 24.4 Å². The molecule has 21 heavy (non-hydrogen) atoms. The minimum absolute atomic E-state index is 0.788. The number of nitrogens with one attached hydrogen (secondary N) is 1. The fourth-order valence-corrected chi connectivity index (χ4v) is 3.69. The monoisotopic (exact) mass is 302 g/mol. The molecule has 0 atom stereocenters. The Kier molecular flexibility index (Phi) is 4.88. The summed E-state index contributed by atoms with van der Waals surface area (Å²) >= 11 is 1.88. The lowest BCUT2D eigenvalue weighted by Gasteiger charge is -2.09. The van der Waals surface area contributed by atoms with Crippen LogP contribution >= 0.6 is 11.3 Å². The van der Waals surface area contributed by atoms with Gasteiger partial charge in [-0.1, -0.05) is 12.1 Å². The summed E-state index contributed by atoms with van der Waals surface area (Å²) in [4.78, 5) is 6.19. The zero-order chi connectivity index (χ0) is 14.5. The summed E-state index contributed by atoms with van der Waals surface area (Å²) < 4.78 is 5.78. The number of benzene rings is 1. The molecule has 1 aromatic heterocycles. The largest absolute Gasteiger partial charge is 0.494 e. The zero-order valence-electron chi connectivity index (χ0n) is 12.5. The number of nitrogens with zero attached hydrogens (tertiary/aromatic N) is 1. The third-order valence-corrected chi connectivity index (χ3v) is 4.85. The molecule has 112 valence electrons. The quantitative estimate of drug-likeness (QED) is 0.829. The maximum Gasteiger partial charge on any atom is 0.119 e. The summed E-state index contributed by atoms with van der Waals surface area (Å²) in [6, 6.07) is 8.24. The molecule has 1 aliphatic heterocycles. The molecule has 3 nitrogen and oxygen atoms in total. The number of aromatic nitrogens is 1. The van der Waals surface area contributed by atoms with Crippen molar-refractivity contribution in [2.45, 2.75) is 39.2 Å². The summed E-state index contributed by atoms with van der Waals surface area (Å²) in [7, 11) is 0. The van der Waals surface area contributed by atoms with Crippen LogP contribution in [0.25, 0.3) is 0 Å². The smallest absolute Gasteiger partial charge is 0.119 e. The molecule has 0 saturated carbocycles. The zero-order valence-corrected chi connectivity index (χ0v) is 13.3. The second kappa shape index (κ2) is 7.05. The Morgan fingerprint density at radius 1 is 1.33 bits per heavy atom. The average molecular weight is 302 g/mol. The molecular weight excluding hydrogens is 280 g/mol. The number of aryl methyl sites for hydroxylation is 2. The van der Waals surface area contributed by atoms with E-state index in [1.165, 1.54) is 21.1 Å². The summed E-state index contributed by atoms with van der Waals surface area (Å²) in [5.41, 5.74) is 2.57. The number of ether oxygens (including phenoxy) is 1. The lowest BCUT2D eigenvalue weighted by atomic mass is 10.2. The van der Waals surface area contributed by atoms with Crippen LogP contribution in [0.15, 0.2) is 24.3 Å². The summed E-state index contributed by atoms with van der Waals surface area (Å²) in [5.74, 6) is 0.978. The number of hydrogen-bond acceptors (Lipinski definition) is 4. The van der Waals surface area contributed by atoms with E-state index >= 15 is 0 Å². The van der Waals surface area contributed by atoms with Crippen LogP contribution in [-0.2, 0) is 19.4 Å². The maximum absolute atomic E-state index is 5.78. The van der Waals surface area contributed by atoms with Crippen molar-refractivity contribution >= 4 is 11.3 Å². The summed E-state index contributed by atoms with van der Waals surface area (Å²) in [5, 5.41) is 4.69. The third kappa shape index (κ3) is 4.05. The molecule has 0 spiro atoms. The van der Waals surface area contributed by atoms with Gasteiger partial charge in [-0.2, -0.15) is 0 Å². The van der Waals surface area contributed by atoms with Crippen molar-refractivity contribution < 1.29 is 4.74 Å². The Morgan fingerprint density at radius 3 is 3.14 bits per heavy atom. The van der Waals surface area contributed by atoms with Gasteiger partial charge in [0.15, 0.2) is 0 Å². The highest BCUT2D eigenvalue weighted by Crippen LogP contribution is 2.22. The number of fused-ring (bicyclic) bond motifs is 1. The van der Waals surface area contributed by atoms with Gasteiger partial charge in [-0.25, -0.2) is 4.98 Å². The lowest BCUT2D eigenvalue weighted by molar-refractivity contribution is 0.307. The van der Waals surface area contributed by atoms with Crippen LogP contribution in [0.5, 0.6) is 5.75 Å². The normalized spacial score (nSPS) is 14.0. The molecule has 0 saturated heterocycles. The molecule has 1 aromatic carbocycles. The Balaban J connectivity index is 1.39. The first kappa shape index (κ1) is 14.5. The van der Waals surface area contributed by atoms with Crippen molar-refractivity contribution in [2.24, 2.45) is 0 Å². The Bertz CT molecular complexity index is 571. The van der Waals surface area contributed by atoms with Crippen LogP contribution in [0, 0.1) is 6.92 Å². The molecule has 2 aromatic rings. The standard InChI is InChI=1S/C17H22N2OS/c1-13-5-4-6-14(11-13)20-10-3-2-7-17-19-15-8-9-18-12-16(15)21-17/h4-6,11,18H,2-3,7-10,12H2,1H3. The van der Waals surface area contributed by atoms with Crippen LogP contribution < -0.4 is 10.1 Å². The van der Waals surface area contributed by atoms with E-state index < -0.39 is 0 Å². The van der Waals surface area contributed by atoms with Gasteiger partial charge in [0.1, 0.15) is 5.75 Å². The van der Waals surface area contributed by atoms with E-state index in [2.05, 4.69) is 24.4 Å². The highest BCUT2D eigenvalue weighted by Gasteiger charge is 2.14. The first-order chi connectivity index (χ1) is 10.3. The first-order valence-corrected chi connectivity index (χ1v) is 8.50. The number of hydrogen-bond donors (Lipinski definition) is 1. The molecule has 1 aliphatic rings. The molecule has 0 radical (unpaired) electrons. The Morgan fingerprint density at radius 2 is 2.29 bits per heavy atom. The van der Waals surface area contributed by atoms with E-state index in [0.717, 1.165) is 51.1 Å². The minimum Gasteiger partial charge on any atom is -0.494 e. The molecule has 2 heterocycles. The molecule has 0 bridgehead atoms. The molecule has 3 rings (SSSR count). The molecule has 0 amide bonds. The van der Waals surface area contributed by atoms with Crippen molar-refractivity contribution in [1.29, 1.82) is 0 Å². The van der Waals surface area contributed by atoms with E-state index in [1.807, 2.05) is 23.5 Å². The Hall–Kier alpha value is -1.39. The van der Waals surface area contributed by atoms with Gasteiger partial charge in [0.2, 0.25) is 0 Å². The van der Waals surface area contributed by atoms with Gasteiger partial charge in [-0.05, 0) is 43.9 Å². The summed E-state index contributed by atoms with van der Waals surface area (Å²) in [6.45, 7) is 4.95. The molecule has 0 fully saturated rings. The predicted octanol–water partition coefficient (Wildman–Crippen LogP) is 3.50. The second-order valence-electron chi connectivity index (χ2n) is 5.53. The van der Waals surface area contributed by atoms with Crippen molar-refractivity contribution in [3.63, 3.8) is 0 Å². The van der Waals surface area contributed by atoms with E-state index in [4.69, 9.17) is 9.72 Å². The molecule has 4 heteroatoms. The van der Waals surface area contributed by atoms with Gasteiger partial charge < -0.3 is 10.1 Å². The number of rotatable bonds is 6. The number of unbranched alkanes of at least 4 members (excludes halogenated alkanes) is 1. The van der Waals surface area contributed by atoms with Crippen molar-refractivity contribution in [2.75, 3.05) is 13.2 Å². The van der Waals surface area contributed by atoms with Crippen molar-refractivity contribution in [3.05, 3.63) is 45.4 Å². The predicted molar refractivity (Wildman–Crippen MR) is 87.1 cm³/mol. The van der Waals surface area contributed by atoms with Crippen molar-refractivity contribution in [1.82, 2.24) is 10.3 Å². The molecule has 1 N–H and O–H groups in total. The van der Waals surface area contributed by atoms with E-state index in [9.17, 15) is 0 Å². The topological polar surface area (TPSA) is 34.1 Å². The fraction of sp³-hybridized carbons (Fsp3) is 0.471. The van der Waals surface area contributed by atoms with Crippen LogP contribution in [0.4, 0.5) is 0 Å². The van der Waals surface area contributed by atoms with Gasteiger partial charge in [-0.3, -0.25) is 0 Å². The van der Waals surface area contributed by atoms with Gasteiger partial charge in [-0.15, -0.1) is 11.3 Å². The van der Waals surface area contributed by atoms with Gasteiger partial charge >= 0.3 is 0 Å². The van der Waals surface area contributed by atoms with Crippen LogP contribution in [0.3, 0.4) is 0 Å². The van der Waals surface area contributed by atoms with E-state index in [1.54, 1.807) is 0 Å². The molecular formula is C17H22N2OS. The Labute approximate surface area is 130 Å². The minimum atomic E-state index is 0.788. The molecule has 0 aliphatic carbocycles. The lowest BCUT2D eigenvalue weighted by Crippen LogP contribution is -2.22. The van der Waals surface area contributed by atoms with Gasteiger partial charge in [0.25, 0.3) is 0 Å². The third-order valence-electron chi connectivity index (χ3n) is 3.69. The fourth-order valence-electron chi connectivity index (χ4n) is 2.56. The van der Waals surface area contributed by atoms with E-state index in [-0.39, 0.29) is 0 Å². The van der Waals surface area contributed by atoms with E-state index in [0.29, 0.717) is 0 Å². The van der Waals surface area contributed by atoms with Crippen LogP contribution in [0.1, 0.15) is 34.0 Å². The maximum atomic E-state index is 5.78. The second-order valence-corrected chi connectivity index (χ2v) is 6.69. The summed E-state index contributed by atoms with van der Waals surface area (Å²) in [6.07, 6.45) is 4.39. The highest BCUT2D eigenvalue weighted by atomic mass is 32.1. The SMILES string of the molecule is Cc1cccc(OCCCCc2nc3c(s2)CNCC3)c1.